The summed E-state index contributed by atoms with van der Waals surface area (Å²) in [6.07, 6.45) is -3.36. The van der Waals surface area contributed by atoms with Crippen LogP contribution < -0.4 is 5.73 Å². The number of nitrogens with zero attached hydrogens (tertiary/aromatic N) is 3. The smallest absolute Gasteiger partial charge is 0.475 e. The Morgan fingerprint density at radius 3 is 2.18 bits per heavy atom. The van der Waals surface area contributed by atoms with E-state index in [4.69, 9.17) is 15.6 Å². The van der Waals surface area contributed by atoms with Gasteiger partial charge in [-0.3, -0.25) is 9.59 Å². The van der Waals surface area contributed by atoms with Gasteiger partial charge in [-0.05, 0) is 29.4 Å². The topological polar surface area (TPSA) is 128 Å². The van der Waals surface area contributed by atoms with Crippen LogP contribution in [0.2, 0.25) is 0 Å². The van der Waals surface area contributed by atoms with Gasteiger partial charge in [-0.2, -0.15) is 18.4 Å². The molecule has 0 spiro atoms. The molecule has 33 heavy (non-hydrogen) atoms. The van der Waals surface area contributed by atoms with E-state index in [2.05, 4.69) is 6.07 Å². The molecule has 1 aromatic carbocycles. The van der Waals surface area contributed by atoms with Gasteiger partial charge in [0.25, 0.3) is 0 Å². The Hall–Kier alpha value is -3.13. The molecule has 1 aromatic rings. The lowest BCUT2D eigenvalue weighted by atomic mass is 9.80. The number of rotatable bonds is 4. The van der Waals surface area contributed by atoms with Crippen LogP contribution >= 0.6 is 0 Å². The number of carbonyl (C=O) groups excluding carboxylic acids is 2. The number of benzene rings is 1. The number of carboxylic acid groups (broad SMARTS) is 1. The highest BCUT2D eigenvalue weighted by molar-refractivity contribution is 5.85. The van der Waals surface area contributed by atoms with E-state index >= 15 is 0 Å². The molecule has 2 heterocycles. The minimum absolute atomic E-state index is 0.00713. The number of carboxylic acids is 1. The fourth-order valence-electron chi connectivity index (χ4n) is 3.80. The van der Waals surface area contributed by atoms with Crippen LogP contribution in [0.1, 0.15) is 44.2 Å². The van der Waals surface area contributed by atoms with Gasteiger partial charge in [-0.15, -0.1) is 0 Å². The molecule has 8 nitrogen and oxygen atoms in total. The molecule has 180 valence electrons. The standard InChI is InChI=1S/C20H26N4O2.C2HF3O2/c1-20(2,18(22)19(26)24-9-5-8-16(24)11-21)10-17(25)23-12-14-6-3-4-7-15(14)13-23;3-2(4,5)1(6)7/h3-4,6-7,16,18H,5,8-10,12-13,22H2,1-2H3;(H,6,7)/t16-,18+;/m0./s1. The van der Waals surface area contributed by atoms with E-state index in [1.54, 1.807) is 4.90 Å². The van der Waals surface area contributed by atoms with Crippen molar-refractivity contribution in [1.29, 1.82) is 5.26 Å². The quantitative estimate of drug-likeness (QED) is 0.699. The van der Waals surface area contributed by atoms with E-state index in [1.807, 2.05) is 43.0 Å². The first-order valence-electron chi connectivity index (χ1n) is 10.4. The molecular formula is C22H27F3N4O4. The van der Waals surface area contributed by atoms with E-state index in [0.29, 0.717) is 26.1 Å². The summed E-state index contributed by atoms with van der Waals surface area (Å²) in [4.78, 5) is 37.8. The first-order chi connectivity index (χ1) is 15.3. The third-order valence-electron chi connectivity index (χ3n) is 5.84. The second-order valence-corrected chi connectivity index (χ2v) is 8.78. The van der Waals surface area contributed by atoms with E-state index in [0.717, 1.165) is 6.42 Å². The second-order valence-electron chi connectivity index (χ2n) is 8.78. The van der Waals surface area contributed by atoms with Crippen LogP contribution in [0.25, 0.3) is 0 Å². The van der Waals surface area contributed by atoms with E-state index < -0.39 is 29.6 Å². The molecule has 2 aliphatic rings. The van der Waals surface area contributed by atoms with Gasteiger partial charge in [0.05, 0.1) is 12.1 Å². The highest BCUT2D eigenvalue weighted by Gasteiger charge is 2.41. The molecule has 0 aliphatic carbocycles. The molecule has 11 heteroatoms. The van der Waals surface area contributed by atoms with Crippen molar-refractivity contribution in [3.63, 3.8) is 0 Å². The predicted octanol–water partition coefficient (Wildman–Crippen LogP) is 2.42. The van der Waals surface area contributed by atoms with Crippen molar-refractivity contribution in [3.8, 4) is 6.07 Å². The Labute approximate surface area is 189 Å². The van der Waals surface area contributed by atoms with E-state index in [1.165, 1.54) is 11.1 Å². The number of aliphatic carboxylic acids is 1. The number of hydrogen-bond donors (Lipinski definition) is 2. The number of likely N-dealkylation sites (tertiary alicyclic amines) is 1. The minimum atomic E-state index is -5.08. The molecule has 0 aromatic heterocycles. The number of amides is 2. The summed E-state index contributed by atoms with van der Waals surface area (Å²) in [5.74, 6) is -2.98. The summed E-state index contributed by atoms with van der Waals surface area (Å²) in [6.45, 7) is 5.49. The number of alkyl halides is 3. The van der Waals surface area contributed by atoms with Gasteiger partial charge in [0.2, 0.25) is 11.8 Å². The number of nitrogens with two attached hydrogens (primary N) is 1. The number of fused-ring (bicyclic) bond motifs is 1. The van der Waals surface area contributed by atoms with E-state index in [-0.39, 0.29) is 18.2 Å². The first-order valence-corrected chi connectivity index (χ1v) is 10.4. The van der Waals surface area contributed by atoms with E-state index in [9.17, 15) is 28.0 Å². The predicted molar refractivity (Wildman–Crippen MR) is 111 cm³/mol. The Morgan fingerprint density at radius 1 is 1.21 bits per heavy atom. The average Bonchev–Trinajstić information content (AvgIpc) is 3.38. The molecule has 2 aliphatic heterocycles. The van der Waals surface area contributed by atoms with Gasteiger partial charge in [-0.1, -0.05) is 38.1 Å². The monoisotopic (exact) mass is 468 g/mol. The largest absolute Gasteiger partial charge is 0.490 e. The zero-order valence-electron chi connectivity index (χ0n) is 18.4. The highest BCUT2D eigenvalue weighted by Crippen LogP contribution is 2.31. The van der Waals surface area contributed by atoms with Crippen molar-refractivity contribution in [2.24, 2.45) is 11.1 Å². The summed E-state index contributed by atoms with van der Waals surface area (Å²) in [7, 11) is 0. The maximum atomic E-state index is 12.8. The van der Waals surface area contributed by atoms with Crippen LogP contribution in [-0.2, 0) is 27.5 Å². The molecule has 3 rings (SSSR count). The number of halogens is 3. The maximum Gasteiger partial charge on any atom is 0.490 e. The van der Waals surface area contributed by atoms with Crippen molar-refractivity contribution in [3.05, 3.63) is 35.4 Å². The number of carbonyl (C=O) groups is 3. The summed E-state index contributed by atoms with van der Waals surface area (Å²) in [6, 6.07) is 9.01. The summed E-state index contributed by atoms with van der Waals surface area (Å²) in [5.41, 5.74) is 7.92. The lowest BCUT2D eigenvalue weighted by Crippen LogP contribution is -2.53. The van der Waals surface area contributed by atoms with Crippen LogP contribution in [0.4, 0.5) is 13.2 Å². The molecule has 2 amide bonds. The molecule has 1 saturated heterocycles. The van der Waals surface area contributed by atoms with Crippen molar-refractivity contribution < 1.29 is 32.7 Å². The van der Waals surface area contributed by atoms with Crippen LogP contribution in [0.5, 0.6) is 0 Å². The van der Waals surface area contributed by atoms with Crippen LogP contribution in [0.3, 0.4) is 0 Å². The minimum Gasteiger partial charge on any atom is -0.475 e. The Morgan fingerprint density at radius 2 is 1.73 bits per heavy atom. The fraction of sp³-hybridized carbons (Fsp3) is 0.545. The van der Waals surface area contributed by atoms with Gasteiger partial charge >= 0.3 is 12.1 Å². The lowest BCUT2D eigenvalue weighted by Gasteiger charge is -2.34. The average molecular weight is 468 g/mol. The molecule has 0 saturated carbocycles. The molecule has 0 bridgehead atoms. The van der Waals surface area contributed by atoms with Crippen LogP contribution in [0.15, 0.2) is 24.3 Å². The lowest BCUT2D eigenvalue weighted by molar-refractivity contribution is -0.192. The molecule has 0 unspecified atom stereocenters. The third-order valence-corrected chi connectivity index (χ3v) is 5.84. The van der Waals surface area contributed by atoms with Gasteiger partial charge in [0.15, 0.2) is 0 Å². The van der Waals surface area contributed by atoms with Crippen molar-refractivity contribution in [1.82, 2.24) is 9.80 Å². The fourth-order valence-corrected chi connectivity index (χ4v) is 3.80. The summed E-state index contributed by atoms with van der Waals surface area (Å²) in [5, 5.41) is 16.3. The van der Waals surface area contributed by atoms with Crippen LogP contribution in [0, 0.1) is 16.7 Å². The third kappa shape index (κ3) is 6.44. The Balaban J connectivity index is 0.000000479. The van der Waals surface area contributed by atoms with Gasteiger partial charge in [-0.25, -0.2) is 4.79 Å². The van der Waals surface area contributed by atoms with Gasteiger partial charge < -0.3 is 20.6 Å². The normalized spacial score (nSPS) is 18.6. The first kappa shape index (κ1) is 26.1. The zero-order valence-corrected chi connectivity index (χ0v) is 18.4. The zero-order chi connectivity index (χ0) is 25.0. The van der Waals surface area contributed by atoms with Gasteiger partial charge in [0, 0.05) is 26.1 Å². The Bertz CT molecular complexity index is 917. The maximum absolute atomic E-state index is 12.8. The SMILES string of the molecule is CC(C)(CC(=O)N1Cc2ccccc2C1)[C@H](N)C(=O)N1CCC[C@H]1C#N.O=C(O)C(F)(F)F. The molecule has 1 fully saturated rings. The molecule has 2 atom stereocenters. The number of hydrogen-bond acceptors (Lipinski definition) is 5. The second kappa shape index (κ2) is 10.2. The Kier molecular flexibility index (Phi) is 8.08. The van der Waals surface area contributed by atoms with Crippen LogP contribution in [-0.4, -0.2) is 57.5 Å². The van der Waals surface area contributed by atoms with Gasteiger partial charge in [0.1, 0.15) is 6.04 Å². The summed E-state index contributed by atoms with van der Waals surface area (Å²) >= 11 is 0. The molecular weight excluding hydrogens is 441 g/mol. The summed E-state index contributed by atoms with van der Waals surface area (Å²) < 4.78 is 31.7. The molecule has 0 radical (unpaired) electrons. The number of nitriles is 1. The van der Waals surface area contributed by atoms with Crippen molar-refractivity contribution in [2.45, 2.75) is 64.5 Å². The highest BCUT2D eigenvalue weighted by atomic mass is 19.4. The van der Waals surface area contributed by atoms with Crippen molar-refractivity contribution >= 4 is 17.8 Å². The van der Waals surface area contributed by atoms with Crippen molar-refractivity contribution in [2.75, 3.05) is 6.54 Å². The molecule has 3 N–H and O–H groups in total.